The molecule has 2 aromatic rings. The number of nitrogens with zero attached hydrogens (tertiary/aromatic N) is 1. The number of anilines is 1. The Hall–Kier alpha value is -2.67. The monoisotopic (exact) mass is 459 g/mol. The number of benzene rings is 2. The van der Waals surface area contributed by atoms with Crippen molar-refractivity contribution in [2.45, 2.75) is 38.8 Å². The van der Waals surface area contributed by atoms with E-state index in [0.717, 1.165) is 10.0 Å². The molecule has 1 amide bonds. The van der Waals surface area contributed by atoms with E-state index in [-0.39, 0.29) is 5.78 Å². The number of ketones is 1. The molecule has 0 saturated carbocycles. The molecule has 0 N–H and O–H groups in total. The molecule has 1 aliphatic rings. The molecule has 2 aromatic carbocycles. The molecule has 0 spiro atoms. The van der Waals surface area contributed by atoms with E-state index in [4.69, 9.17) is 9.47 Å². The first-order valence-electron chi connectivity index (χ1n) is 9.21. The number of Topliss-reactive ketones (excluding diaryl/α,β-unsaturated/α-hetero) is 1. The molecule has 1 heterocycles. The predicted molar refractivity (Wildman–Crippen MR) is 112 cm³/mol. The lowest BCUT2D eigenvalue weighted by Gasteiger charge is -2.28. The van der Waals surface area contributed by atoms with Crippen LogP contribution in [0, 0.1) is 0 Å². The third kappa shape index (κ3) is 5.03. The zero-order valence-corrected chi connectivity index (χ0v) is 18.1. The van der Waals surface area contributed by atoms with Gasteiger partial charge in [-0.25, -0.2) is 9.59 Å². The van der Waals surface area contributed by atoms with Gasteiger partial charge >= 0.3 is 12.1 Å². The lowest BCUT2D eigenvalue weighted by molar-refractivity contribution is -0.144. The molecule has 7 heteroatoms. The second-order valence-electron chi connectivity index (χ2n) is 7.74. The lowest BCUT2D eigenvalue weighted by atomic mass is 10.1. The topological polar surface area (TPSA) is 72.9 Å². The molecule has 1 atom stereocenters. The quantitative estimate of drug-likeness (QED) is 0.495. The van der Waals surface area contributed by atoms with Crippen LogP contribution in [0.3, 0.4) is 0 Å². The number of para-hydroxylation sites is 1. The van der Waals surface area contributed by atoms with Gasteiger partial charge in [0.15, 0.2) is 12.4 Å². The molecule has 0 aromatic heterocycles. The van der Waals surface area contributed by atoms with Crippen LogP contribution in [0.2, 0.25) is 0 Å². The average molecular weight is 460 g/mol. The summed E-state index contributed by atoms with van der Waals surface area (Å²) in [5.41, 5.74) is 1.20. The van der Waals surface area contributed by atoms with E-state index >= 15 is 0 Å². The van der Waals surface area contributed by atoms with Gasteiger partial charge in [-0.2, -0.15) is 0 Å². The van der Waals surface area contributed by atoms with Crippen molar-refractivity contribution < 1.29 is 23.9 Å². The van der Waals surface area contributed by atoms with Crippen LogP contribution in [-0.2, 0) is 20.7 Å². The first-order chi connectivity index (χ1) is 13.7. The van der Waals surface area contributed by atoms with E-state index in [0.29, 0.717) is 17.7 Å². The van der Waals surface area contributed by atoms with Crippen LogP contribution in [0.25, 0.3) is 0 Å². The SMILES string of the molecule is CC(C)(C)OC(=O)N1c2ccccc2C[C@H]1C(=O)OCC(=O)c1ccc(Br)cc1. The van der Waals surface area contributed by atoms with Crippen LogP contribution in [0.5, 0.6) is 0 Å². The predicted octanol–water partition coefficient (Wildman–Crippen LogP) is 4.54. The van der Waals surface area contributed by atoms with Gasteiger partial charge in [0.2, 0.25) is 0 Å². The summed E-state index contributed by atoms with van der Waals surface area (Å²) in [6.07, 6.45) is -0.315. The minimum Gasteiger partial charge on any atom is -0.456 e. The fourth-order valence-electron chi connectivity index (χ4n) is 3.06. The summed E-state index contributed by atoms with van der Waals surface area (Å²) in [6, 6.07) is 13.2. The lowest BCUT2D eigenvalue weighted by Crippen LogP contribution is -2.46. The van der Waals surface area contributed by atoms with Gasteiger partial charge in [-0.1, -0.05) is 46.3 Å². The summed E-state index contributed by atoms with van der Waals surface area (Å²) < 4.78 is 11.6. The van der Waals surface area contributed by atoms with E-state index in [1.54, 1.807) is 57.2 Å². The van der Waals surface area contributed by atoms with Crippen molar-refractivity contribution >= 4 is 39.5 Å². The zero-order chi connectivity index (χ0) is 21.2. The molecule has 0 aliphatic carbocycles. The number of halogens is 1. The standard InChI is InChI=1S/C22H22BrNO5/c1-22(2,3)29-21(27)24-17-7-5-4-6-15(17)12-18(24)20(26)28-13-19(25)14-8-10-16(23)11-9-14/h4-11,18H,12-13H2,1-3H3/t18-/m0/s1. The van der Waals surface area contributed by atoms with Gasteiger partial charge in [0.1, 0.15) is 11.6 Å². The Morgan fingerprint density at radius 1 is 1.07 bits per heavy atom. The van der Waals surface area contributed by atoms with Gasteiger partial charge in [0.05, 0.1) is 5.69 Å². The van der Waals surface area contributed by atoms with Crippen molar-refractivity contribution in [1.29, 1.82) is 0 Å². The zero-order valence-electron chi connectivity index (χ0n) is 16.5. The summed E-state index contributed by atoms with van der Waals surface area (Å²) in [6.45, 7) is 4.89. The maximum Gasteiger partial charge on any atom is 0.415 e. The third-order valence-corrected chi connectivity index (χ3v) is 4.88. The van der Waals surface area contributed by atoms with Crippen LogP contribution >= 0.6 is 15.9 Å². The van der Waals surface area contributed by atoms with Gasteiger partial charge in [0.25, 0.3) is 0 Å². The molecule has 0 saturated heterocycles. The molecule has 152 valence electrons. The van der Waals surface area contributed by atoms with Crippen LogP contribution in [0.1, 0.15) is 36.7 Å². The van der Waals surface area contributed by atoms with Gasteiger partial charge in [-0.15, -0.1) is 0 Å². The van der Waals surface area contributed by atoms with Gasteiger partial charge in [-0.05, 0) is 44.5 Å². The van der Waals surface area contributed by atoms with E-state index in [2.05, 4.69) is 15.9 Å². The number of ether oxygens (including phenoxy) is 2. The number of esters is 1. The summed E-state index contributed by atoms with van der Waals surface area (Å²) in [5, 5.41) is 0. The van der Waals surface area contributed by atoms with Crippen molar-refractivity contribution in [2.24, 2.45) is 0 Å². The number of amides is 1. The van der Waals surface area contributed by atoms with Crippen molar-refractivity contribution in [3.63, 3.8) is 0 Å². The molecule has 0 bridgehead atoms. The highest BCUT2D eigenvalue weighted by Crippen LogP contribution is 2.34. The Balaban J connectivity index is 1.73. The fraction of sp³-hybridized carbons (Fsp3) is 0.318. The number of carbonyl (C=O) groups is 3. The minimum absolute atomic E-state index is 0.306. The third-order valence-electron chi connectivity index (χ3n) is 4.35. The second-order valence-corrected chi connectivity index (χ2v) is 8.65. The molecule has 0 fully saturated rings. The molecule has 0 radical (unpaired) electrons. The molecular formula is C22H22BrNO5. The summed E-state index contributed by atoms with van der Waals surface area (Å²) in [7, 11) is 0. The van der Waals surface area contributed by atoms with Gasteiger partial charge in [0, 0.05) is 16.5 Å². The number of fused-ring (bicyclic) bond motifs is 1. The number of hydrogen-bond donors (Lipinski definition) is 0. The summed E-state index contributed by atoms with van der Waals surface area (Å²) >= 11 is 3.31. The molecule has 1 aliphatic heterocycles. The van der Waals surface area contributed by atoms with Crippen LogP contribution in [0.15, 0.2) is 53.0 Å². The highest BCUT2D eigenvalue weighted by atomic mass is 79.9. The van der Waals surface area contributed by atoms with Crippen LogP contribution in [0.4, 0.5) is 10.5 Å². The van der Waals surface area contributed by atoms with E-state index in [1.807, 2.05) is 12.1 Å². The fourth-order valence-corrected chi connectivity index (χ4v) is 3.33. The first-order valence-corrected chi connectivity index (χ1v) is 10.0. The van der Waals surface area contributed by atoms with Gasteiger partial charge in [-0.3, -0.25) is 9.69 Å². The molecule has 3 rings (SSSR count). The second kappa shape index (κ2) is 8.37. The van der Waals surface area contributed by atoms with E-state index in [9.17, 15) is 14.4 Å². The van der Waals surface area contributed by atoms with Crippen molar-refractivity contribution in [3.8, 4) is 0 Å². The normalized spacial score (nSPS) is 15.6. The van der Waals surface area contributed by atoms with Gasteiger partial charge < -0.3 is 9.47 Å². The molecule has 0 unspecified atom stereocenters. The Morgan fingerprint density at radius 3 is 2.38 bits per heavy atom. The highest BCUT2D eigenvalue weighted by Gasteiger charge is 2.41. The van der Waals surface area contributed by atoms with Crippen LogP contribution in [-0.4, -0.2) is 36.1 Å². The maximum atomic E-state index is 12.8. The Labute approximate surface area is 177 Å². The summed E-state index contributed by atoms with van der Waals surface area (Å²) in [4.78, 5) is 39.1. The van der Waals surface area contributed by atoms with Crippen molar-refractivity contribution in [1.82, 2.24) is 0 Å². The maximum absolute atomic E-state index is 12.8. The number of rotatable bonds is 4. The Morgan fingerprint density at radius 2 is 1.72 bits per heavy atom. The number of carbonyl (C=O) groups excluding carboxylic acids is 3. The molecule has 29 heavy (non-hydrogen) atoms. The molecule has 6 nitrogen and oxygen atoms in total. The van der Waals surface area contributed by atoms with E-state index < -0.39 is 30.3 Å². The van der Waals surface area contributed by atoms with E-state index in [1.165, 1.54) is 4.90 Å². The largest absolute Gasteiger partial charge is 0.456 e. The van der Waals surface area contributed by atoms with Crippen LogP contribution < -0.4 is 4.90 Å². The average Bonchev–Trinajstić information content (AvgIpc) is 3.05. The van der Waals surface area contributed by atoms with Crippen molar-refractivity contribution in [3.05, 3.63) is 64.1 Å². The smallest absolute Gasteiger partial charge is 0.415 e. The van der Waals surface area contributed by atoms with Crippen molar-refractivity contribution in [2.75, 3.05) is 11.5 Å². The Bertz CT molecular complexity index is 933. The summed E-state index contributed by atoms with van der Waals surface area (Å²) in [5.74, 6) is -0.956. The first kappa shape index (κ1) is 21.0. The molecular weight excluding hydrogens is 438 g/mol. The number of hydrogen-bond acceptors (Lipinski definition) is 5. The Kier molecular flexibility index (Phi) is 6.07. The minimum atomic E-state index is -0.875. The highest BCUT2D eigenvalue weighted by molar-refractivity contribution is 9.10.